The lowest BCUT2D eigenvalue weighted by atomic mass is 10.2. The molecule has 0 spiro atoms. The standard InChI is InChI=1S/C13H11BrN2O3/c1-18-13(17)8-6-12(16-7-10(8)15)19-11-5-3-2-4-9(11)14/h2-7H,15H2,1H3. The van der Waals surface area contributed by atoms with Crippen molar-refractivity contribution in [3.05, 3.63) is 46.6 Å². The molecule has 2 rings (SSSR count). The molecule has 0 atom stereocenters. The van der Waals surface area contributed by atoms with E-state index in [2.05, 4.69) is 25.7 Å². The maximum atomic E-state index is 11.5. The van der Waals surface area contributed by atoms with Crippen molar-refractivity contribution in [2.24, 2.45) is 0 Å². The Morgan fingerprint density at radius 3 is 2.79 bits per heavy atom. The molecule has 0 amide bonds. The first kappa shape index (κ1) is 13.4. The van der Waals surface area contributed by atoms with E-state index in [0.717, 1.165) is 4.47 Å². The van der Waals surface area contributed by atoms with E-state index in [4.69, 9.17) is 10.5 Å². The van der Waals surface area contributed by atoms with Crippen LogP contribution in [-0.2, 0) is 4.74 Å². The molecule has 0 saturated carbocycles. The van der Waals surface area contributed by atoms with E-state index in [1.165, 1.54) is 19.4 Å². The van der Waals surface area contributed by atoms with Crippen molar-refractivity contribution < 1.29 is 14.3 Å². The number of methoxy groups -OCH3 is 1. The number of anilines is 1. The number of hydrogen-bond donors (Lipinski definition) is 1. The van der Waals surface area contributed by atoms with Gasteiger partial charge in [0.05, 0.1) is 29.0 Å². The number of rotatable bonds is 3. The molecule has 0 bridgehead atoms. The lowest BCUT2D eigenvalue weighted by molar-refractivity contribution is 0.0601. The first-order valence-corrected chi connectivity index (χ1v) is 6.17. The zero-order valence-electron chi connectivity index (χ0n) is 10.1. The van der Waals surface area contributed by atoms with E-state index in [0.29, 0.717) is 5.75 Å². The van der Waals surface area contributed by atoms with Crippen LogP contribution in [0, 0.1) is 0 Å². The number of carbonyl (C=O) groups is 1. The van der Waals surface area contributed by atoms with Crippen LogP contribution in [0.2, 0.25) is 0 Å². The molecule has 0 unspecified atom stereocenters. The quantitative estimate of drug-likeness (QED) is 0.879. The number of para-hydroxylation sites is 1. The molecule has 1 aromatic heterocycles. The first-order valence-electron chi connectivity index (χ1n) is 5.38. The van der Waals surface area contributed by atoms with E-state index in [-0.39, 0.29) is 17.1 Å². The molecule has 5 nitrogen and oxygen atoms in total. The Morgan fingerprint density at radius 2 is 2.11 bits per heavy atom. The summed E-state index contributed by atoms with van der Waals surface area (Å²) in [5.74, 6) is 0.328. The highest BCUT2D eigenvalue weighted by Crippen LogP contribution is 2.29. The van der Waals surface area contributed by atoms with Gasteiger partial charge in [0, 0.05) is 6.07 Å². The molecular formula is C13H11BrN2O3. The minimum Gasteiger partial charge on any atom is -0.465 e. The molecule has 2 N–H and O–H groups in total. The van der Waals surface area contributed by atoms with Crippen LogP contribution in [-0.4, -0.2) is 18.1 Å². The van der Waals surface area contributed by atoms with Gasteiger partial charge in [-0.25, -0.2) is 9.78 Å². The van der Waals surface area contributed by atoms with Gasteiger partial charge in [0.25, 0.3) is 0 Å². The Kier molecular flexibility index (Phi) is 4.01. The summed E-state index contributed by atoms with van der Waals surface area (Å²) >= 11 is 3.36. The highest BCUT2D eigenvalue weighted by atomic mass is 79.9. The fraction of sp³-hybridized carbons (Fsp3) is 0.0769. The zero-order chi connectivity index (χ0) is 13.8. The monoisotopic (exact) mass is 322 g/mol. The van der Waals surface area contributed by atoms with Crippen LogP contribution in [0.15, 0.2) is 41.0 Å². The van der Waals surface area contributed by atoms with Crippen LogP contribution in [0.4, 0.5) is 5.69 Å². The second-order valence-corrected chi connectivity index (χ2v) is 4.49. The summed E-state index contributed by atoms with van der Waals surface area (Å²) in [5, 5.41) is 0. The number of hydrogen-bond acceptors (Lipinski definition) is 5. The topological polar surface area (TPSA) is 74.4 Å². The van der Waals surface area contributed by atoms with Gasteiger partial charge < -0.3 is 15.2 Å². The van der Waals surface area contributed by atoms with Crippen LogP contribution < -0.4 is 10.5 Å². The van der Waals surface area contributed by atoms with Crippen LogP contribution in [0.3, 0.4) is 0 Å². The molecule has 0 aliphatic carbocycles. The molecule has 2 aromatic rings. The maximum Gasteiger partial charge on any atom is 0.340 e. The van der Waals surface area contributed by atoms with Gasteiger partial charge in [-0.05, 0) is 28.1 Å². The van der Waals surface area contributed by atoms with E-state index in [1.54, 1.807) is 6.07 Å². The zero-order valence-corrected chi connectivity index (χ0v) is 11.7. The molecule has 1 heterocycles. The van der Waals surface area contributed by atoms with Crippen molar-refractivity contribution >= 4 is 27.6 Å². The summed E-state index contributed by atoms with van der Waals surface area (Å²) in [6.45, 7) is 0. The number of nitrogens with two attached hydrogens (primary N) is 1. The Hall–Kier alpha value is -2.08. The summed E-state index contributed by atoms with van der Waals surface area (Å²) in [7, 11) is 1.29. The van der Waals surface area contributed by atoms with Gasteiger partial charge in [0.2, 0.25) is 5.88 Å². The maximum absolute atomic E-state index is 11.5. The van der Waals surface area contributed by atoms with Crippen LogP contribution in [0.1, 0.15) is 10.4 Å². The predicted molar refractivity (Wildman–Crippen MR) is 74.2 cm³/mol. The molecule has 1 aromatic carbocycles. The highest BCUT2D eigenvalue weighted by Gasteiger charge is 2.13. The van der Waals surface area contributed by atoms with Gasteiger partial charge in [-0.3, -0.25) is 0 Å². The summed E-state index contributed by atoms with van der Waals surface area (Å²) in [6.07, 6.45) is 1.36. The van der Waals surface area contributed by atoms with Gasteiger partial charge >= 0.3 is 5.97 Å². The molecular weight excluding hydrogens is 312 g/mol. The van der Waals surface area contributed by atoms with Crippen molar-refractivity contribution in [3.63, 3.8) is 0 Å². The number of carbonyl (C=O) groups excluding carboxylic acids is 1. The third-order valence-electron chi connectivity index (χ3n) is 2.37. The minimum atomic E-state index is -0.531. The fourth-order valence-corrected chi connectivity index (χ4v) is 1.80. The molecule has 98 valence electrons. The SMILES string of the molecule is COC(=O)c1cc(Oc2ccccc2Br)ncc1N. The number of aromatic nitrogens is 1. The second kappa shape index (κ2) is 5.71. The van der Waals surface area contributed by atoms with E-state index >= 15 is 0 Å². The smallest absolute Gasteiger partial charge is 0.340 e. The molecule has 0 fully saturated rings. The molecule has 19 heavy (non-hydrogen) atoms. The summed E-state index contributed by atoms with van der Waals surface area (Å²) in [5.41, 5.74) is 6.12. The minimum absolute atomic E-state index is 0.222. The van der Waals surface area contributed by atoms with Crippen LogP contribution >= 0.6 is 15.9 Å². The largest absolute Gasteiger partial charge is 0.465 e. The Bertz CT molecular complexity index is 617. The van der Waals surface area contributed by atoms with Gasteiger partial charge in [-0.1, -0.05) is 12.1 Å². The summed E-state index contributed by atoms with van der Waals surface area (Å²) in [4.78, 5) is 15.5. The number of pyridine rings is 1. The second-order valence-electron chi connectivity index (χ2n) is 3.63. The van der Waals surface area contributed by atoms with E-state index < -0.39 is 5.97 Å². The Balaban J connectivity index is 2.32. The lowest BCUT2D eigenvalue weighted by Gasteiger charge is -2.09. The molecule has 0 aliphatic rings. The summed E-state index contributed by atoms with van der Waals surface area (Å²) < 4.78 is 11.0. The lowest BCUT2D eigenvalue weighted by Crippen LogP contribution is -2.06. The van der Waals surface area contributed by atoms with Crippen molar-refractivity contribution in [2.45, 2.75) is 0 Å². The number of ether oxygens (including phenoxy) is 2. The Labute approximate surface area is 118 Å². The normalized spacial score (nSPS) is 10.0. The van der Waals surface area contributed by atoms with Gasteiger partial charge in [0.15, 0.2) is 0 Å². The highest BCUT2D eigenvalue weighted by molar-refractivity contribution is 9.10. The number of esters is 1. The Morgan fingerprint density at radius 1 is 1.37 bits per heavy atom. The third-order valence-corrected chi connectivity index (χ3v) is 3.02. The average Bonchev–Trinajstić information content (AvgIpc) is 2.42. The molecule has 0 radical (unpaired) electrons. The van der Waals surface area contributed by atoms with E-state index in [1.807, 2.05) is 18.2 Å². The molecule has 6 heteroatoms. The molecule has 0 saturated heterocycles. The van der Waals surface area contributed by atoms with Crippen molar-refractivity contribution in [1.29, 1.82) is 0 Å². The number of halogens is 1. The van der Waals surface area contributed by atoms with Crippen LogP contribution in [0.5, 0.6) is 11.6 Å². The first-order chi connectivity index (χ1) is 9.11. The number of nitrogens with zero attached hydrogens (tertiary/aromatic N) is 1. The van der Waals surface area contributed by atoms with Gasteiger partial charge in [-0.2, -0.15) is 0 Å². The van der Waals surface area contributed by atoms with Gasteiger partial charge in [-0.15, -0.1) is 0 Å². The average molecular weight is 323 g/mol. The summed E-state index contributed by atoms with van der Waals surface area (Å²) in [6, 6.07) is 8.76. The van der Waals surface area contributed by atoms with Crippen molar-refractivity contribution in [3.8, 4) is 11.6 Å². The fourth-order valence-electron chi connectivity index (χ4n) is 1.43. The van der Waals surface area contributed by atoms with E-state index in [9.17, 15) is 4.79 Å². The van der Waals surface area contributed by atoms with Crippen molar-refractivity contribution in [2.75, 3.05) is 12.8 Å². The third kappa shape index (κ3) is 3.03. The van der Waals surface area contributed by atoms with Gasteiger partial charge in [0.1, 0.15) is 5.75 Å². The predicted octanol–water partition coefficient (Wildman–Crippen LogP) is 3.01. The number of benzene rings is 1. The number of nitrogen functional groups attached to an aromatic ring is 1. The van der Waals surface area contributed by atoms with Crippen molar-refractivity contribution in [1.82, 2.24) is 4.98 Å². The van der Waals surface area contributed by atoms with Crippen LogP contribution in [0.25, 0.3) is 0 Å². The molecule has 0 aliphatic heterocycles.